The molecular formula is C15H17NO2S. The van der Waals surface area contributed by atoms with Crippen LogP contribution in [0.4, 0.5) is 4.79 Å². The van der Waals surface area contributed by atoms with Gasteiger partial charge in [0.05, 0.1) is 4.91 Å². The first-order valence-electron chi connectivity index (χ1n) is 6.29. The number of imide groups is 1. The Morgan fingerprint density at radius 1 is 1.21 bits per heavy atom. The molecule has 1 aliphatic rings. The van der Waals surface area contributed by atoms with Gasteiger partial charge in [0, 0.05) is 6.54 Å². The number of rotatable bonds is 3. The van der Waals surface area contributed by atoms with E-state index in [1.807, 2.05) is 45.0 Å². The van der Waals surface area contributed by atoms with E-state index in [0.29, 0.717) is 11.4 Å². The van der Waals surface area contributed by atoms with Crippen LogP contribution < -0.4 is 0 Å². The summed E-state index contributed by atoms with van der Waals surface area (Å²) in [6.07, 6.45) is 1.78. The van der Waals surface area contributed by atoms with Gasteiger partial charge < -0.3 is 0 Å². The van der Waals surface area contributed by atoms with Crippen molar-refractivity contribution in [3.8, 4) is 0 Å². The summed E-state index contributed by atoms with van der Waals surface area (Å²) < 4.78 is 0. The minimum absolute atomic E-state index is 0.169. The van der Waals surface area contributed by atoms with Gasteiger partial charge in [-0.15, -0.1) is 0 Å². The van der Waals surface area contributed by atoms with E-state index in [1.54, 1.807) is 6.08 Å². The fraction of sp³-hybridized carbons (Fsp3) is 0.333. The van der Waals surface area contributed by atoms with E-state index in [0.717, 1.165) is 17.3 Å². The molecule has 100 valence electrons. The molecule has 0 aromatic heterocycles. The van der Waals surface area contributed by atoms with Crippen molar-refractivity contribution in [1.82, 2.24) is 4.90 Å². The molecule has 1 aromatic carbocycles. The zero-order chi connectivity index (χ0) is 14.0. The summed E-state index contributed by atoms with van der Waals surface area (Å²) in [7, 11) is 0. The Bertz CT molecular complexity index is 532. The lowest BCUT2D eigenvalue weighted by molar-refractivity contribution is -0.123. The van der Waals surface area contributed by atoms with E-state index < -0.39 is 0 Å². The Kier molecular flexibility index (Phi) is 4.10. The predicted molar refractivity (Wildman–Crippen MR) is 78.7 cm³/mol. The SMILES string of the molecule is Cc1ccc(/C=C2/SC(=O)N(CC(C)C)C2=O)cc1. The van der Waals surface area contributed by atoms with E-state index >= 15 is 0 Å². The van der Waals surface area contributed by atoms with Crippen LogP contribution in [0.3, 0.4) is 0 Å². The molecule has 0 spiro atoms. The summed E-state index contributed by atoms with van der Waals surface area (Å²) in [5, 5.41) is -0.169. The topological polar surface area (TPSA) is 37.4 Å². The number of carbonyl (C=O) groups excluding carboxylic acids is 2. The number of hydrogen-bond acceptors (Lipinski definition) is 3. The molecule has 1 aliphatic heterocycles. The zero-order valence-corrected chi connectivity index (χ0v) is 12.2. The minimum atomic E-state index is -0.177. The van der Waals surface area contributed by atoms with Gasteiger partial charge in [0.25, 0.3) is 11.1 Å². The van der Waals surface area contributed by atoms with Crippen LogP contribution in [0.25, 0.3) is 6.08 Å². The van der Waals surface area contributed by atoms with Crippen LogP contribution in [-0.4, -0.2) is 22.6 Å². The summed E-state index contributed by atoms with van der Waals surface area (Å²) in [5.41, 5.74) is 2.12. The quantitative estimate of drug-likeness (QED) is 0.790. The molecule has 0 radical (unpaired) electrons. The average molecular weight is 275 g/mol. The molecule has 4 heteroatoms. The minimum Gasteiger partial charge on any atom is -0.268 e. The molecule has 0 unspecified atom stereocenters. The summed E-state index contributed by atoms with van der Waals surface area (Å²) in [4.78, 5) is 25.8. The average Bonchev–Trinajstić information content (AvgIpc) is 2.60. The Balaban J connectivity index is 2.20. The van der Waals surface area contributed by atoms with Gasteiger partial charge in [-0.1, -0.05) is 43.7 Å². The van der Waals surface area contributed by atoms with Crippen molar-refractivity contribution in [2.24, 2.45) is 5.92 Å². The van der Waals surface area contributed by atoms with Crippen molar-refractivity contribution in [3.63, 3.8) is 0 Å². The summed E-state index contributed by atoms with van der Waals surface area (Å²) >= 11 is 1.02. The standard InChI is InChI=1S/C15H17NO2S/c1-10(2)9-16-14(17)13(19-15(16)18)8-12-6-4-11(3)5-7-12/h4-8,10H,9H2,1-3H3/b13-8+. The third-order valence-electron chi connectivity index (χ3n) is 2.80. The molecule has 2 amide bonds. The highest BCUT2D eigenvalue weighted by Gasteiger charge is 2.35. The number of thioether (sulfide) groups is 1. The maximum atomic E-state index is 12.1. The van der Waals surface area contributed by atoms with Gasteiger partial charge in [-0.2, -0.15) is 0 Å². The van der Waals surface area contributed by atoms with Crippen LogP contribution >= 0.6 is 11.8 Å². The van der Waals surface area contributed by atoms with Gasteiger partial charge in [-0.3, -0.25) is 14.5 Å². The fourth-order valence-corrected chi connectivity index (χ4v) is 2.68. The van der Waals surface area contributed by atoms with Gasteiger partial charge in [-0.05, 0) is 36.2 Å². The third-order valence-corrected chi connectivity index (χ3v) is 3.70. The summed E-state index contributed by atoms with van der Waals surface area (Å²) in [6.45, 7) is 6.48. The molecule has 0 atom stereocenters. The first-order valence-corrected chi connectivity index (χ1v) is 7.11. The monoisotopic (exact) mass is 275 g/mol. The second-order valence-corrected chi connectivity index (χ2v) is 6.09. The van der Waals surface area contributed by atoms with Crippen molar-refractivity contribution >= 4 is 29.0 Å². The number of carbonyl (C=O) groups is 2. The Morgan fingerprint density at radius 2 is 1.84 bits per heavy atom. The normalized spacial score (nSPS) is 17.9. The Labute approximate surface area is 117 Å². The van der Waals surface area contributed by atoms with E-state index in [4.69, 9.17) is 0 Å². The van der Waals surface area contributed by atoms with E-state index in [2.05, 4.69) is 0 Å². The van der Waals surface area contributed by atoms with Crippen LogP contribution in [0, 0.1) is 12.8 Å². The lowest BCUT2D eigenvalue weighted by Crippen LogP contribution is -2.31. The maximum absolute atomic E-state index is 12.1. The second-order valence-electron chi connectivity index (χ2n) is 5.10. The van der Waals surface area contributed by atoms with E-state index in [9.17, 15) is 9.59 Å². The van der Waals surface area contributed by atoms with Gasteiger partial charge in [0.15, 0.2) is 0 Å². The lowest BCUT2D eigenvalue weighted by Gasteiger charge is -2.14. The van der Waals surface area contributed by atoms with Crippen molar-refractivity contribution in [2.75, 3.05) is 6.54 Å². The smallest absolute Gasteiger partial charge is 0.268 e. The number of nitrogens with zero attached hydrogens (tertiary/aromatic N) is 1. The molecule has 0 saturated carbocycles. The van der Waals surface area contributed by atoms with Crippen LogP contribution in [0.1, 0.15) is 25.0 Å². The van der Waals surface area contributed by atoms with Crippen molar-refractivity contribution in [3.05, 3.63) is 40.3 Å². The van der Waals surface area contributed by atoms with E-state index in [-0.39, 0.29) is 17.1 Å². The summed E-state index contributed by atoms with van der Waals surface area (Å²) in [6, 6.07) is 7.88. The molecule has 2 rings (SSSR count). The van der Waals surface area contributed by atoms with Gasteiger partial charge in [-0.25, -0.2) is 0 Å². The van der Waals surface area contributed by atoms with Crippen molar-refractivity contribution < 1.29 is 9.59 Å². The highest BCUT2D eigenvalue weighted by Crippen LogP contribution is 2.32. The highest BCUT2D eigenvalue weighted by molar-refractivity contribution is 8.18. The number of aryl methyl sites for hydroxylation is 1. The van der Waals surface area contributed by atoms with Gasteiger partial charge >= 0.3 is 0 Å². The van der Waals surface area contributed by atoms with Crippen molar-refractivity contribution in [2.45, 2.75) is 20.8 Å². The molecule has 19 heavy (non-hydrogen) atoms. The van der Waals surface area contributed by atoms with Gasteiger partial charge in [0.1, 0.15) is 0 Å². The maximum Gasteiger partial charge on any atom is 0.293 e. The molecule has 1 aromatic rings. The van der Waals surface area contributed by atoms with Crippen LogP contribution in [0.15, 0.2) is 29.2 Å². The first-order chi connectivity index (χ1) is 8.97. The summed E-state index contributed by atoms with van der Waals surface area (Å²) in [5.74, 6) is 0.108. The molecule has 1 saturated heterocycles. The molecule has 0 N–H and O–H groups in total. The largest absolute Gasteiger partial charge is 0.293 e. The third kappa shape index (κ3) is 3.26. The number of amides is 2. The molecular weight excluding hydrogens is 258 g/mol. The second kappa shape index (κ2) is 5.61. The first kappa shape index (κ1) is 13.9. The molecule has 1 heterocycles. The fourth-order valence-electron chi connectivity index (χ4n) is 1.84. The number of hydrogen-bond donors (Lipinski definition) is 0. The lowest BCUT2D eigenvalue weighted by atomic mass is 10.1. The molecule has 1 fully saturated rings. The highest BCUT2D eigenvalue weighted by atomic mass is 32.2. The Morgan fingerprint density at radius 3 is 2.42 bits per heavy atom. The van der Waals surface area contributed by atoms with Crippen LogP contribution in [0.2, 0.25) is 0 Å². The van der Waals surface area contributed by atoms with Crippen LogP contribution in [0.5, 0.6) is 0 Å². The molecule has 3 nitrogen and oxygen atoms in total. The predicted octanol–water partition coefficient (Wildman–Crippen LogP) is 3.69. The van der Waals surface area contributed by atoms with Gasteiger partial charge in [0.2, 0.25) is 0 Å². The van der Waals surface area contributed by atoms with Crippen LogP contribution in [-0.2, 0) is 4.79 Å². The van der Waals surface area contributed by atoms with E-state index in [1.165, 1.54) is 10.5 Å². The Hall–Kier alpha value is -1.55. The molecule has 0 aliphatic carbocycles. The van der Waals surface area contributed by atoms with Crippen molar-refractivity contribution in [1.29, 1.82) is 0 Å². The molecule has 0 bridgehead atoms. The number of benzene rings is 1. The zero-order valence-electron chi connectivity index (χ0n) is 11.3.